The van der Waals surface area contributed by atoms with Gasteiger partial charge >= 0.3 is 6.09 Å². The van der Waals surface area contributed by atoms with Gasteiger partial charge in [-0.1, -0.05) is 30.3 Å². The average molecular weight is 179 g/mol. The molecule has 0 saturated carbocycles. The summed E-state index contributed by atoms with van der Waals surface area (Å²) in [5.74, 6) is 0. The van der Waals surface area contributed by atoms with Crippen molar-refractivity contribution < 1.29 is 9.53 Å². The molecular weight excluding hydrogens is 166 g/mol. The Morgan fingerprint density at radius 3 is 2.46 bits per heavy atom. The van der Waals surface area contributed by atoms with Gasteiger partial charge in [-0.25, -0.2) is 4.79 Å². The molecular formula is C10H13NO2. The molecule has 0 fully saturated rings. The Morgan fingerprint density at radius 1 is 1.31 bits per heavy atom. The van der Waals surface area contributed by atoms with Gasteiger partial charge in [-0.3, -0.25) is 0 Å². The second kappa shape index (κ2) is 4.50. The summed E-state index contributed by atoms with van der Waals surface area (Å²) in [6.07, 6.45) is -0.316. The zero-order chi connectivity index (χ0) is 9.68. The number of rotatable bonds is 2. The maximum absolute atomic E-state index is 11.0. The summed E-state index contributed by atoms with van der Waals surface area (Å²) in [4.78, 5) is 12.4. The first-order valence-corrected chi connectivity index (χ1v) is 4.08. The Hall–Kier alpha value is -1.51. The third-order valence-corrected chi connectivity index (χ3v) is 1.57. The van der Waals surface area contributed by atoms with Crippen LogP contribution in [0, 0.1) is 0 Å². The molecule has 0 saturated heterocycles. The van der Waals surface area contributed by atoms with Gasteiger partial charge in [0.15, 0.2) is 0 Å². The number of hydrogen-bond donors (Lipinski definition) is 0. The third-order valence-electron chi connectivity index (χ3n) is 1.57. The molecule has 0 bridgehead atoms. The fourth-order valence-corrected chi connectivity index (χ4v) is 0.848. The van der Waals surface area contributed by atoms with Gasteiger partial charge in [0.05, 0.1) is 0 Å². The predicted octanol–water partition coefficient (Wildman–Crippen LogP) is 1.88. The number of hydrogen-bond acceptors (Lipinski definition) is 2. The van der Waals surface area contributed by atoms with Crippen LogP contribution in [0.2, 0.25) is 0 Å². The molecule has 0 atom stereocenters. The molecule has 1 aromatic rings. The van der Waals surface area contributed by atoms with Crippen LogP contribution in [-0.4, -0.2) is 25.1 Å². The van der Waals surface area contributed by atoms with Crippen LogP contribution in [0.5, 0.6) is 0 Å². The van der Waals surface area contributed by atoms with E-state index in [4.69, 9.17) is 4.74 Å². The van der Waals surface area contributed by atoms with Crippen molar-refractivity contribution in [3.8, 4) is 0 Å². The number of carbonyl (C=O) groups is 1. The molecule has 13 heavy (non-hydrogen) atoms. The topological polar surface area (TPSA) is 29.5 Å². The summed E-state index contributed by atoms with van der Waals surface area (Å²) in [5.41, 5.74) is 0.998. The van der Waals surface area contributed by atoms with Crippen LogP contribution < -0.4 is 0 Å². The second-order valence-electron chi connectivity index (χ2n) is 2.93. The number of benzene rings is 1. The summed E-state index contributed by atoms with van der Waals surface area (Å²) in [6.45, 7) is 0.331. The van der Waals surface area contributed by atoms with E-state index in [0.717, 1.165) is 5.56 Å². The molecule has 0 aliphatic rings. The van der Waals surface area contributed by atoms with Crippen molar-refractivity contribution in [2.75, 3.05) is 14.1 Å². The number of amides is 1. The highest BCUT2D eigenvalue weighted by atomic mass is 16.6. The zero-order valence-electron chi connectivity index (χ0n) is 7.86. The Kier molecular flexibility index (Phi) is 3.31. The van der Waals surface area contributed by atoms with Crippen molar-refractivity contribution in [2.45, 2.75) is 6.61 Å². The smallest absolute Gasteiger partial charge is 0.409 e. The quantitative estimate of drug-likeness (QED) is 0.693. The molecule has 0 spiro atoms. The van der Waals surface area contributed by atoms with Crippen molar-refractivity contribution in [1.82, 2.24) is 4.90 Å². The van der Waals surface area contributed by atoms with Crippen LogP contribution in [0.15, 0.2) is 30.3 Å². The van der Waals surface area contributed by atoms with Crippen LogP contribution in [0.1, 0.15) is 5.56 Å². The Labute approximate surface area is 77.9 Å². The van der Waals surface area contributed by atoms with E-state index >= 15 is 0 Å². The van der Waals surface area contributed by atoms with E-state index in [2.05, 4.69) is 0 Å². The molecule has 0 unspecified atom stereocenters. The molecule has 3 nitrogen and oxygen atoms in total. The molecule has 1 rings (SSSR count). The number of carbonyl (C=O) groups excluding carboxylic acids is 1. The lowest BCUT2D eigenvalue weighted by Crippen LogP contribution is -2.22. The highest BCUT2D eigenvalue weighted by molar-refractivity contribution is 5.66. The molecule has 0 radical (unpaired) electrons. The minimum absolute atomic E-state index is 0.316. The van der Waals surface area contributed by atoms with Crippen molar-refractivity contribution in [3.05, 3.63) is 35.9 Å². The van der Waals surface area contributed by atoms with Gasteiger partial charge in [-0.05, 0) is 5.56 Å². The average Bonchev–Trinajstić information content (AvgIpc) is 2.15. The lowest BCUT2D eigenvalue weighted by Gasteiger charge is -2.10. The first kappa shape index (κ1) is 9.58. The van der Waals surface area contributed by atoms with Gasteiger partial charge in [0.2, 0.25) is 0 Å². The molecule has 0 aromatic heterocycles. The predicted molar refractivity (Wildman–Crippen MR) is 50.3 cm³/mol. The first-order chi connectivity index (χ1) is 6.20. The second-order valence-corrected chi connectivity index (χ2v) is 2.93. The monoisotopic (exact) mass is 179 g/mol. The summed E-state index contributed by atoms with van der Waals surface area (Å²) in [6, 6.07) is 9.60. The van der Waals surface area contributed by atoms with E-state index in [1.54, 1.807) is 14.1 Å². The van der Waals surface area contributed by atoms with E-state index in [1.165, 1.54) is 4.90 Å². The number of nitrogens with zero attached hydrogens (tertiary/aromatic N) is 1. The van der Waals surface area contributed by atoms with Gasteiger partial charge in [0, 0.05) is 14.1 Å². The van der Waals surface area contributed by atoms with E-state index in [9.17, 15) is 4.79 Å². The molecule has 1 aromatic carbocycles. The van der Waals surface area contributed by atoms with Crippen LogP contribution in [-0.2, 0) is 11.3 Å². The van der Waals surface area contributed by atoms with Crippen LogP contribution in [0.3, 0.4) is 0 Å². The van der Waals surface area contributed by atoms with Gasteiger partial charge in [0.25, 0.3) is 0 Å². The van der Waals surface area contributed by atoms with E-state index in [0.29, 0.717) is 6.61 Å². The number of ether oxygens (including phenoxy) is 1. The van der Waals surface area contributed by atoms with E-state index < -0.39 is 0 Å². The molecule has 0 aliphatic carbocycles. The Bertz CT molecular complexity index is 270. The van der Waals surface area contributed by atoms with Crippen LogP contribution in [0.25, 0.3) is 0 Å². The largest absolute Gasteiger partial charge is 0.445 e. The molecule has 0 N–H and O–H groups in total. The van der Waals surface area contributed by atoms with Crippen LogP contribution >= 0.6 is 0 Å². The lowest BCUT2D eigenvalue weighted by atomic mass is 10.2. The Balaban J connectivity index is 2.40. The first-order valence-electron chi connectivity index (χ1n) is 4.08. The summed E-state index contributed by atoms with van der Waals surface area (Å²) < 4.78 is 4.98. The van der Waals surface area contributed by atoms with Crippen molar-refractivity contribution in [1.29, 1.82) is 0 Å². The summed E-state index contributed by atoms with van der Waals surface area (Å²) >= 11 is 0. The maximum Gasteiger partial charge on any atom is 0.409 e. The normalized spacial score (nSPS) is 9.38. The maximum atomic E-state index is 11.0. The fraction of sp³-hybridized carbons (Fsp3) is 0.300. The highest BCUT2D eigenvalue weighted by Gasteiger charge is 2.03. The van der Waals surface area contributed by atoms with E-state index in [-0.39, 0.29) is 6.09 Å². The molecule has 3 heteroatoms. The summed E-state index contributed by atoms with van der Waals surface area (Å²) in [7, 11) is 3.32. The minimum Gasteiger partial charge on any atom is -0.445 e. The van der Waals surface area contributed by atoms with Crippen molar-refractivity contribution in [3.63, 3.8) is 0 Å². The van der Waals surface area contributed by atoms with Crippen LogP contribution in [0.4, 0.5) is 4.79 Å². The zero-order valence-corrected chi connectivity index (χ0v) is 7.86. The van der Waals surface area contributed by atoms with Gasteiger partial charge in [-0.15, -0.1) is 0 Å². The van der Waals surface area contributed by atoms with Gasteiger partial charge in [0.1, 0.15) is 6.61 Å². The lowest BCUT2D eigenvalue weighted by molar-refractivity contribution is 0.112. The minimum atomic E-state index is -0.316. The SMILES string of the molecule is CN(C)C(=O)OCc1ccccc1. The molecule has 70 valence electrons. The highest BCUT2D eigenvalue weighted by Crippen LogP contribution is 2.01. The third kappa shape index (κ3) is 3.15. The standard InChI is InChI=1S/C10H13NO2/c1-11(2)10(12)13-8-9-6-4-3-5-7-9/h3-7H,8H2,1-2H3. The fourth-order valence-electron chi connectivity index (χ4n) is 0.848. The molecule has 0 heterocycles. The van der Waals surface area contributed by atoms with E-state index in [1.807, 2.05) is 30.3 Å². The van der Waals surface area contributed by atoms with Gasteiger partial charge < -0.3 is 9.64 Å². The summed E-state index contributed by atoms with van der Waals surface area (Å²) in [5, 5.41) is 0. The Morgan fingerprint density at radius 2 is 1.92 bits per heavy atom. The van der Waals surface area contributed by atoms with Crippen molar-refractivity contribution in [2.24, 2.45) is 0 Å². The molecule has 0 aliphatic heterocycles. The molecule has 1 amide bonds. The van der Waals surface area contributed by atoms with Gasteiger partial charge in [-0.2, -0.15) is 0 Å². The van der Waals surface area contributed by atoms with Crippen molar-refractivity contribution >= 4 is 6.09 Å².